The van der Waals surface area contributed by atoms with E-state index in [1.54, 1.807) is 0 Å². The molecule has 3 N–H and O–H groups in total. The fraction of sp³-hybridized carbons (Fsp3) is 1.00. The monoisotopic (exact) mass is 510 g/mol. The third-order valence-electron chi connectivity index (χ3n) is 2.65. The Labute approximate surface area is 168 Å². The van der Waals surface area contributed by atoms with Gasteiger partial charge >= 0.3 is 0 Å². The Hall–Kier alpha value is -0.480. The summed E-state index contributed by atoms with van der Waals surface area (Å²) in [4.78, 5) is 0. The lowest BCUT2D eigenvalue weighted by Gasteiger charge is -2.31. The van der Waals surface area contributed by atoms with Gasteiger partial charge in [-0.25, -0.2) is 4.18 Å². The first-order valence-corrected chi connectivity index (χ1v) is 14.4. The topological polar surface area (TPSA) is 234 Å². The van der Waals surface area contributed by atoms with Crippen LogP contribution in [0.3, 0.4) is 0 Å². The third-order valence-corrected chi connectivity index (χ3v) is 4.93. The van der Waals surface area contributed by atoms with E-state index in [9.17, 15) is 49.0 Å². The van der Waals surface area contributed by atoms with Crippen LogP contribution >= 0.6 is 0 Å². The quantitative estimate of drug-likeness (QED) is 0.157. The lowest BCUT2D eigenvalue weighted by Crippen LogP contribution is -2.53. The van der Waals surface area contributed by atoms with Gasteiger partial charge in [0, 0.05) is 0 Å². The molecule has 0 amide bonds. The number of rotatable bonds is 13. The van der Waals surface area contributed by atoms with Crippen LogP contribution in [0.25, 0.3) is 0 Å². The van der Waals surface area contributed by atoms with Gasteiger partial charge in [-0.15, -0.1) is 0 Å². The van der Waals surface area contributed by atoms with Crippen LogP contribution in [0.4, 0.5) is 0 Å². The Kier molecular flexibility index (Phi) is 10.1. The van der Waals surface area contributed by atoms with Crippen LogP contribution in [0.5, 0.6) is 0 Å². The molecule has 0 heterocycles. The Bertz CT molecular complexity index is 949. The molecule has 29 heavy (non-hydrogen) atoms. The van der Waals surface area contributed by atoms with E-state index < -0.39 is 77.8 Å². The molecule has 19 heteroatoms. The maximum Gasteiger partial charge on any atom is 0.266 e. The van der Waals surface area contributed by atoms with E-state index >= 15 is 0 Å². The number of hydrogen-bond acceptors (Lipinski definition) is 15. The number of aliphatic hydroxyl groups is 3. The van der Waals surface area contributed by atoms with Crippen molar-refractivity contribution in [1.29, 1.82) is 0 Å². The maximum absolute atomic E-state index is 11.3. The summed E-state index contributed by atoms with van der Waals surface area (Å²) < 4.78 is 107. The molecule has 0 saturated carbocycles. The Morgan fingerprint density at radius 2 is 1.03 bits per heavy atom. The first kappa shape index (κ1) is 28.5. The van der Waals surface area contributed by atoms with Gasteiger partial charge in [0.05, 0.1) is 31.6 Å². The highest BCUT2D eigenvalue weighted by atomic mass is 32.2. The minimum atomic E-state index is -4.49. The predicted molar refractivity (Wildman–Crippen MR) is 94.2 cm³/mol. The van der Waals surface area contributed by atoms with Crippen molar-refractivity contribution < 1.29 is 65.7 Å². The number of hydrogen-bond donors (Lipinski definition) is 3. The molecule has 15 nitrogen and oxygen atoms in total. The van der Waals surface area contributed by atoms with E-state index in [1.807, 2.05) is 0 Å². The van der Waals surface area contributed by atoms with Crippen molar-refractivity contribution in [2.45, 2.75) is 30.7 Å². The van der Waals surface area contributed by atoms with Crippen molar-refractivity contribution in [2.75, 3.05) is 31.6 Å². The van der Waals surface area contributed by atoms with Gasteiger partial charge in [0.2, 0.25) is 6.29 Å². The van der Waals surface area contributed by atoms with Gasteiger partial charge in [0.15, 0.2) is 6.10 Å². The largest absolute Gasteiger partial charge is 0.387 e. The molecule has 0 spiro atoms. The second kappa shape index (κ2) is 10.2. The summed E-state index contributed by atoms with van der Waals surface area (Å²) in [6, 6.07) is 0. The van der Waals surface area contributed by atoms with Gasteiger partial charge in [0.25, 0.3) is 40.5 Å². The van der Waals surface area contributed by atoms with Crippen molar-refractivity contribution in [2.24, 2.45) is 0 Å². The second-order valence-corrected chi connectivity index (χ2v) is 12.2. The molecule has 0 aromatic carbocycles. The third kappa shape index (κ3) is 13.4. The summed E-state index contributed by atoms with van der Waals surface area (Å²) in [6.45, 7) is -1.17. The summed E-state index contributed by atoms with van der Waals surface area (Å²) in [7, 11) is -17.4. The summed E-state index contributed by atoms with van der Waals surface area (Å²) in [5.41, 5.74) is 0. The molecule has 176 valence electrons. The average Bonchev–Trinajstić information content (AvgIpc) is 2.42. The van der Waals surface area contributed by atoms with Crippen molar-refractivity contribution in [1.82, 2.24) is 0 Å². The molecular weight excluding hydrogens is 488 g/mol. The van der Waals surface area contributed by atoms with Gasteiger partial charge in [-0.05, 0) is 0 Å². The maximum atomic E-state index is 11.3. The first-order chi connectivity index (χ1) is 12.6. The molecule has 0 bridgehead atoms. The minimum Gasteiger partial charge on any atom is -0.387 e. The van der Waals surface area contributed by atoms with E-state index in [0.717, 1.165) is 0 Å². The molecule has 0 aliphatic rings. The molecule has 5 atom stereocenters. The zero-order valence-corrected chi connectivity index (χ0v) is 18.7. The molecule has 0 rings (SSSR count). The lowest BCUT2D eigenvalue weighted by molar-refractivity contribution is -0.165. The second-order valence-electron chi connectivity index (χ2n) is 5.76. The van der Waals surface area contributed by atoms with Crippen molar-refractivity contribution in [3.63, 3.8) is 0 Å². The van der Waals surface area contributed by atoms with Crippen LogP contribution in [-0.4, -0.2) is 111 Å². The van der Waals surface area contributed by atoms with Gasteiger partial charge in [-0.3, -0.25) is 12.5 Å². The van der Waals surface area contributed by atoms with Crippen molar-refractivity contribution >= 4 is 40.5 Å². The molecule has 0 saturated heterocycles. The minimum absolute atomic E-state index is 0.448. The molecule has 0 aliphatic heterocycles. The summed E-state index contributed by atoms with van der Waals surface area (Å²) in [5.74, 6) is 0. The zero-order valence-electron chi connectivity index (χ0n) is 15.5. The molecule has 0 radical (unpaired) electrons. The van der Waals surface area contributed by atoms with E-state index in [1.165, 1.54) is 0 Å². The molecule has 0 aromatic rings. The van der Waals surface area contributed by atoms with E-state index in [2.05, 4.69) is 16.7 Å². The van der Waals surface area contributed by atoms with Gasteiger partial charge in [0.1, 0.15) is 18.3 Å². The summed E-state index contributed by atoms with van der Waals surface area (Å²) in [5, 5.41) is 30.1. The predicted octanol–water partition coefficient (Wildman–Crippen LogP) is -4.33. The smallest absolute Gasteiger partial charge is 0.266 e. The van der Waals surface area contributed by atoms with Gasteiger partial charge in [-0.1, -0.05) is 0 Å². The van der Waals surface area contributed by atoms with E-state index in [0.29, 0.717) is 25.0 Å². The van der Waals surface area contributed by atoms with Crippen LogP contribution in [0.2, 0.25) is 0 Å². The highest BCUT2D eigenvalue weighted by Gasteiger charge is 2.42. The standard InChI is InChI=1S/C10H22O15S4/c1-26(14,15)22-5-6(23-27(2,16)17)7(11)8(12)9(24-28(3,18)19)10(13)25-29(4,20)21/h6-13H,5H2,1-4H3/t6-,7-,8+,9+,10?/m1/s1. The molecule has 0 aliphatic carbocycles. The van der Waals surface area contributed by atoms with Gasteiger partial charge in [-0.2, -0.15) is 33.7 Å². The molecular formula is C10H22O15S4. The fourth-order valence-corrected chi connectivity index (χ4v) is 3.80. The van der Waals surface area contributed by atoms with Crippen LogP contribution in [-0.2, 0) is 57.2 Å². The molecule has 1 unspecified atom stereocenters. The zero-order chi connectivity index (χ0) is 23.4. The highest BCUT2D eigenvalue weighted by Crippen LogP contribution is 2.19. The van der Waals surface area contributed by atoms with Crippen LogP contribution < -0.4 is 0 Å². The average molecular weight is 511 g/mol. The Morgan fingerprint density at radius 1 is 0.621 bits per heavy atom. The SMILES string of the molecule is CS(=O)(=O)OC[C@@H](OS(C)(=O)=O)[C@@H](O)[C@H](O)[C@H](OS(C)(=O)=O)C(O)OS(C)(=O)=O. The van der Waals surface area contributed by atoms with Crippen molar-refractivity contribution in [3.05, 3.63) is 0 Å². The first-order valence-electron chi connectivity index (χ1n) is 7.14. The van der Waals surface area contributed by atoms with E-state index in [-0.39, 0.29) is 0 Å². The summed E-state index contributed by atoms with van der Waals surface area (Å²) in [6.07, 6.45) is -10.4. The molecule has 0 aromatic heterocycles. The normalized spacial score (nSPS) is 19.3. The van der Waals surface area contributed by atoms with Gasteiger partial charge < -0.3 is 15.3 Å². The Morgan fingerprint density at radius 3 is 1.38 bits per heavy atom. The van der Waals surface area contributed by atoms with Crippen LogP contribution in [0.1, 0.15) is 0 Å². The highest BCUT2D eigenvalue weighted by molar-refractivity contribution is 7.86. The summed E-state index contributed by atoms with van der Waals surface area (Å²) >= 11 is 0. The fourth-order valence-electron chi connectivity index (χ4n) is 1.72. The van der Waals surface area contributed by atoms with Crippen molar-refractivity contribution in [3.8, 4) is 0 Å². The Balaban J connectivity index is 5.89. The van der Waals surface area contributed by atoms with E-state index in [4.69, 9.17) is 0 Å². The number of aliphatic hydroxyl groups excluding tert-OH is 3. The van der Waals surface area contributed by atoms with Crippen LogP contribution in [0, 0.1) is 0 Å². The molecule has 0 fully saturated rings. The van der Waals surface area contributed by atoms with Crippen LogP contribution in [0.15, 0.2) is 0 Å². The lowest BCUT2D eigenvalue weighted by atomic mass is 10.0.